The second-order valence-electron chi connectivity index (χ2n) is 3.62. The van der Waals surface area contributed by atoms with Crippen LogP contribution >= 0.6 is 0 Å². The molecule has 2 rings (SSSR count). The second kappa shape index (κ2) is 4.65. The number of anilines is 1. The zero-order chi connectivity index (χ0) is 11.5. The van der Waals surface area contributed by atoms with Crippen molar-refractivity contribution >= 4 is 27.6 Å². The van der Waals surface area contributed by atoms with Gasteiger partial charge in [-0.2, -0.15) is 0 Å². The highest BCUT2D eigenvalue weighted by Crippen LogP contribution is 2.19. The Balaban J connectivity index is 2.23. The van der Waals surface area contributed by atoms with Gasteiger partial charge < -0.3 is 10.2 Å². The maximum Gasteiger partial charge on any atom is 0.208 e. The van der Waals surface area contributed by atoms with Crippen LogP contribution in [0.15, 0.2) is 22.6 Å². The lowest BCUT2D eigenvalue weighted by molar-refractivity contribution is 0.552. The largest absolute Gasteiger partial charge is 0.440 e. The average molecular weight is 238 g/mol. The summed E-state index contributed by atoms with van der Waals surface area (Å²) < 4.78 is 17.0. The van der Waals surface area contributed by atoms with Crippen molar-refractivity contribution in [2.24, 2.45) is 0 Å². The monoisotopic (exact) mass is 238 g/mol. The van der Waals surface area contributed by atoms with E-state index < -0.39 is 10.8 Å². The Morgan fingerprint density at radius 1 is 1.50 bits per heavy atom. The number of hydrogen-bond acceptors (Lipinski definition) is 4. The molecule has 5 heteroatoms. The van der Waals surface area contributed by atoms with Gasteiger partial charge in [-0.25, -0.2) is 4.98 Å². The molecule has 1 aromatic carbocycles. The van der Waals surface area contributed by atoms with Crippen molar-refractivity contribution in [2.75, 3.05) is 11.5 Å². The Hall–Kier alpha value is -1.36. The molecule has 0 saturated carbocycles. The minimum atomic E-state index is -0.891. The van der Waals surface area contributed by atoms with Gasteiger partial charge >= 0.3 is 0 Å². The van der Waals surface area contributed by atoms with E-state index >= 15 is 0 Å². The van der Waals surface area contributed by atoms with Crippen LogP contribution in [0.1, 0.15) is 19.2 Å². The highest BCUT2D eigenvalue weighted by atomic mass is 32.2. The molecular weight excluding hydrogens is 224 g/mol. The third-order valence-electron chi connectivity index (χ3n) is 2.17. The Morgan fingerprint density at radius 2 is 2.31 bits per heavy atom. The standard InChI is InChI=1S/C11H14N2O2S/c1-2-5-16(14)7-11-13-9-6-8(12)3-4-10(9)15-11/h3-4,6H,2,5,7,12H2,1H3. The van der Waals surface area contributed by atoms with E-state index in [9.17, 15) is 4.21 Å². The molecule has 86 valence electrons. The van der Waals surface area contributed by atoms with E-state index in [1.807, 2.05) is 6.92 Å². The van der Waals surface area contributed by atoms with E-state index in [-0.39, 0.29) is 0 Å². The second-order valence-corrected chi connectivity index (χ2v) is 5.20. The quantitative estimate of drug-likeness (QED) is 0.828. The molecule has 1 heterocycles. The maximum atomic E-state index is 11.5. The molecule has 0 bridgehead atoms. The Morgan fingerprint density at radius 3 is 3.06 bits per heavy atom. The fraction of sp³-hybridized carbons (Fsp3) is 0.364. The van der Waals surface area contributed by atoms with Crippen LogP contribution in [0.3, 0.4) is 0 Å². The third-order valence-corrected chi connectivity index (χ3v) is 3.60. The molecule has 0 aliphatic heterocycles. The molecule has 1 unspecified atom stereocenters. The van der Waals surface area contributed by atoms with Crippen molar-refractivity contribution in [3.8, 4) is 0 Å². The molecule has 0 fully saturated rings. The number of rotatable bonds is 4. The first kappa shape index (κ1) is 11.1. The average Bonchev–Trinajstić information content (AvgIpc) is 2.59. The van der Waals surface area contributed by atoms with Crippen molar-refractivity contribution in [3.05, 3.63) is 24.1 Å². The minimum absolute atomic E-state index is 0.377. The van der Waals surface area contributed by atoms with Crippen LogP contribution in [0, 0.1) is 0 Å². The first-order chi connectivity index (χ1) is 7.69. The summed E-state index contributed by atoms with van der Waals surface area (Å²) in [6.45, 7) is 2.00. The van der Waals surface area contributed by atoms with Crippen molar-refractivity contribution in [1.29, 1.82) is 0 Å². The van der Waals surface area contributed by atoms with Gasteiger partial charge in [-0.15, -0.1) is 0 Å². The van der Waals surface area contributed by atoms with Crippen LogP contribution in [0.5, 0.6) is 0 Å². The van der Waals surface area contributed by atoms with Crippen molar-refractivity contribution < 1.29 is 8.63 Å². The number of nitrogen functional groups attached to an aromatic ring is 1. The summed E-state index contributed by atoms with van der Waals surface area (Å²) in [6, 6.07) is 5.30. The van der Waals surface area contributed by atoms with E-state index in [1.54, 1.807) is 18.2 Å². The van der Waals surface area contributed by atoms with Gasteiger partial charge in [0.2, 0.25) is 5.89 Å². The van der Waals surface area contributed by atoms with E-state index in [2.05, 4.69) is 4.98 Å². The number of oxazole rings is 1. The topological polar surface area (TPSA) is 69.1 Å². The van der Waals surface area contributed by atoms with Gasteiger partial charge in [0.15, 0.2) is 5.58 Å². The van der Waals surface area contributed by atoms with Gasteiger partial charge in [0.1, 0.15) is 11.3 Å². The lowest BCUT2D eigenvalue weighted by Gasteiger charge is -1.94. The summed E-state index contributed by atoms with van der Waals surface area (Å²) in [4.78, 5) is 4.26. The van der Waals surface area contributed by atoms with E-state index in [0.717, 1.165) is 11.9 Å². The van der Waals surface area contributed by atoms with Crippen molar-refractivity contribution in [3.63, 3.8) is 0 Å². The summed E-state index contributed by atoms with van der Waals surface area (Å²) in [5.41, 5.74) is 7.71. The van der Waals surface area contributed by atoms with Gasteiger partial charge in [0, 0.05) is 22.2 Å². The molecule has 0 aliphatic carbocycles. The van der Waals surface area contributed by atoms with Crippen molar-refractivity contribution in [2.45, 2.75) is 19.1 Å². The Bertz CT molecular complexity index is 522. The smallest absolute Gasteiger partial charge is 0.208 e. The fourth-order valence-electron chi connectivity index (χ4n) is 1.49. The van der Waals surface area contributed by atoms with E-state index in [4.69, 9.17) is 10.2 Å². The molecule has 4 nitrogen and oxygen atoms in total. The van der Waals surface area contributed by atoms with Gasteiger partial charge in [-0.1, -0.05) is 6.92 Å². The lowest BCUT2D eigenvalue weighted by atomic mass is 10.3. The normalized spacial score (nSPS) is 13.1. The van der Waals surface area contributed by atoms with Crippen LogP contribution in [-0.4, -0.2) is 14.9 Å². The molecule has 0 amide bonds. The molecular formula is C11H14N2O2S. The van der Waals surface area contributed by atoms with Crippen LogP contribution in [0.25, 0.3) is 11.1 Å². The highest BCUT2D eigenvalue weighted by molar-refractivity contribution is 7.84. The van der Waals surface area contributed by atoms with Gasteiger partial charge in [-0.3, -0.25) is 4.21 Å². The van der Waals surface area contributed by atoms with E-state index in [0.29, 0.717) is 28.7 Å². The summed E-state index contributed by atoms with van der Waals surface area (Å²) in [5, 5.41) is 0. The van der Waals surface area contributed by atoms with Crippen LogP contribution < -0.4 is 5.73 Å². The highest BCUT2D eigenvalue weighted by Gasteiger charge is 2.09. The molecule has 2 N–H and O–H groups in total. The molecule has 0 spiro atoms. The molecule has 0 saturated heterocycles. The third kappa shape index (κ3) is 2.41. The molecule has 1 aromatic heterocycles. The summed E-state index contributed by atoms with van der Waals surface area (Å²) in [6.07, 6.45) is 0.903. The zero-order valence-electron chi connectivity index (χ0n) is 9.10. The lowest BCUT2D eigenvalue weighted by Crippen LogP contribution is -1.99. The fourth-order valence-corrected chi connectivity index (χ4v) is 2.49. The number of nitrogens with two attached hydrogens (primary N) is 1. The first-order valence-corrected chi connectivity index (χ1v) is 6.67. The zero-order valence-corrected chi connectivity index (χ0v) is 9.92. The molecule has 0 aliphatic rings. The number of fused-ring (bicyclic) bond motifs is 1. The number of hydrogen-bond donors (Lipinski definition) is 1. The number of benzene rings is 1. The summed E-state index contributed by atoms with van der Waals surface area (Å²) >= 11 is 0. The predicted molar refractivity (Wildman–Crippen MR) is 65.4 cm³/mol. The number of aromatic nitrogens is 1. The van der Waals surface area contributed by atoms with Crippen molar-refractivity contribution in [1.82, 2.24) is 4.98 Å². The molecule has 1 atom stereocenters. The van der Waals surface area contributed by atoms with E-state index in [1.165, 1.54) is 0 Å². The number of nitrogens with zero attached hydrogens (tertiary/aromatic N) is 1. The predicted octanol–water partition coefficient (Wildman–Crippen LogP) is 2.07. The van der Waals surface area contributed by atoms with Gasteiger partial charge in [0.25, 0.3) is 0 Å². The van der Waals surface area contributed by atoms with Crippen LogP contribution in [0.4, 0.5) is 5.69 Å². The summed E-state index contributed by atoms with van der Waals surface area (Å²) in [7, 11) is -0.891. The van der Waals surface area contributed by atoms with Gasteiger partial charge in [0.05, 0.1) is 0 Å². The summed E-state index contributed by atoms with van der Waals surface area (Å²) in [5.74, 6) is 1.58. The SMILES string of the molecule is CCCS(=O)Cc1nc2cc(N)ccc2o1. The molecule has 16 heavy (non-hydrogen) atoms. The van der Waals surface area contributed by atoms with Gasteiger partial charge in [-0.05, 0) is 24.6 Å². The maximum absolute atomic E-state index is 11.5. The van der Waals surface area contributed by atoms with Crippen LogP contribution in [0.2, 0.25) is 0 Å². The van der Waals surface area contributed by atoms with Crippen LogP contribution in [-0.2, 0) is 16.6 Å². The first-order valence-electron chi connectivity index (χ1n) is 5.19. The molecule has 0 radical (unpaired) electrons. The Labute approximate surface area is 96.3 Å². The Kier molecular flexibility index (Phi) is 3.24. The minimum Gasteiger partial charge on any atom is -0.440 e. The molecule has 2 aromatic rings.